The summed E-state index contributed by atoms with van der Waals surface area (Å²) in [5.74, 6) is 0.384. The van der Waals surface area contributed by atoms with E-state index in [4.69, 9.17) is 0 Å². The summed E-state index contributed by atoms with van der Waals surface area (Å²) in [4.78, 5) is 11.9. The predicted octanol–water partition coefficient (Wildman–Crippen LogP) is 3.41. The van der Waals surface area contributed by atoms with Gasteiger partial charge in [-0.2, -0.15) is 0 Å². The molecule has 0 aliphatic carbocycles. The summed E-state index contributed by atoms with van der Waals surface area (Å²) in [5.41, 5.74) is 1.08. The van der Waals surface area contributed by atoms with Crippen molar-refractivity contribution in [2.75, 3.05) is 0 Å². The van der Waals surface area contributed by atoms with Crippen LogP contribution < -0.4 is 5.32 Å². The number of aryl methyl sites for hydroxylation is 1. The van der Waals surface area contributed by atoms with E-state index >= 15 is 0 Å². The molecule has 1 amide bonds. The Labute approximate surface area is 116 Å². The van der Waals surface area contributed by atoms with E-state index < -0.39 is 0 Å². The fourth-order valence-corrected chi connectivity index (χ4v) is 2.05. The van der Waals surface area contributed by atoms with E-state index in [1.165, 1.54) is 6.42 Å². The third-order valence-electron chi connectivity index (χ3n) is 3.34. The normalized spacial score (nSPS) is 12.1. The number of phenols is 1. The highest BCUT2D eigenvalue weighted by Gasteiger charge is 2.09. The minimum atomic E-state index is 0.121. The van der Waals surface area contributed by atoms with Gasteiger partial charge in [0.1, 0.15) is 5.75 Å². The molecule has 3 heteroatoms. The Morgan fingerprint density at radius 1 is 1.26 bits per heavy atom. The van der Waals surface area contributed by atoms with Crippen LogP contribution in [0.4, 0.5) is 0 Å². The summed E-state index contributed by atoms with van der Waals surface area (Å²) in [6.45, 7) is 4.28. The Morgan fingerprint density at radius 3 is 2.53 bits per heavy atom. The number of hydrogen-bond acceptors (Lipinski definition) is 2. The van der Waals surface area contributed by atoms with Crippen LogP contribution in [0, 0.1) is 0 Å². The van der Waals surface area contributed by atoms with E-state index in [9.17, 15) is 9.90 Å². The van der Waals surface area contributed by atoms with Crippen LogP contribution in [0.3, 0.4) is 0 Å². The van der Waals surface area contributed by atoms with Gasteiger partial charge in [-0.25, -0.2) is 0 Å². The lowest BCUT2D eigenvalue weighted by molar-refractivity contribution is -0.121. The Morgan fingerprint density at radius 2 is 1.95 bits per heavy atom. The number of unbranched alkanes of at least 4 members (excludes halogenated alkanes) is 1. The largest absolute Gasteiger partial charge is 0.508 e. The molecule has 0 aromatic heterocycles. The van der Waals surface area contributed by atoms with Gasteiger partial charge in [-0.05, 0) is 37.0 Å². The molecule has 0 unspecified atom stereocenters. The summed E-state index contributed by atoms with van der Waals surface area (Å²) in [5, 5.41) is 12.3. The molecule has 1 aromatic rings. The Bertz CT molecular complexity index is 373. The second-order valence-corrected chi connectivity index (χ2v) is 4.98. The average molecular weight is 263 g/mol. The number of nitrogens with one attached hydrogen (secondary N) is 1. The van der Waals surface area contributed by atoms with Crippen LogP contribution in [-0.4, -0.2) is 17.1 Å². The summed E-state index contributed by atoms with van der Waals surface area (Å²) in [7, 11) is 0. The molecule has 0 aliphatic heterocycles. The van der Waals surface area contributed by atoms with E-state index in [1.807, 2.05) is 12.1 Å². The van der Waals surface area contributed by atoms with Gasteiger partial charge in [0.2, 0.25) is 5.91 Å². The molecule has 0 saturated heterocycles. The molecule has 19 heavy (non-hydrogen) atoms. The number of hydrogen-bond donors (Lipinski definition) is 2. The zero-order valence-corrected chi connectivity index (χ0v) is 12.0. The van der Waals surface area contributed by atoms with Crippen molar-refractivity contribution < 1.29 is 9.90 Å². The zero-order chi connectivity index (χ0) is 14.1. The van der Waals surface area contributed by atoms with Crippen molar-refractivity contribution in [2.24, 2.45) is 0 Å². The summed E-state index contributed by atoms with van der Waals surface area (Å²) in [6.07, 6.45) is 5.61. The molecular weight excluding hydrogens is 238 g/mol. The first-order valence-corrected chi connectivity index (χ1v) is 7.23. The number of carbonyl (C=O) groups excluding carboxylic acids is 1. The fourth-order valence-electron chi connectivity index (χ4n) is 2.05. The first-order chi connectivity index (χ1) is 9.15. The topological polar surface area (TPSA) is 49.3 Å². The van der Waals surface area contributed by atoms with Gasteiger partial charge in [-0.15, -0.1) is 0 Å². The molecule has 2 N–H and O–H groups in total. The van der Waals surface area contributed by atoms with Crippen LogP contribution in [0.2, 0.25) is 0 Å². The lowest BCUT2D eigenvalue weighted by atomic mass is 10.1. The molecule has 1 atom stereocenters. The van der Waals surface area contributed by atoms with Gasteiger partial charge in [0, 0.05) is 12.5 Å². The van der Waals surface area contributed by atoms with E-state index in [0.29, 0.717) is 12.5 Å². The van der Waals surface area contributed by atoms with Gasteiger partial charge in [-0.1, -0.05) is 38.8 Å². The maximum atomic E-state index is 11.9. The van der Waals surface area contributed by atoms with Gasteiger partial charge in [0.15, 0.2) is 0 Å². The molecule has 0 aliphatic rings. The van der Waals surface area contributed by atoms with Crippen molar-refractivity contribution in [1.29, 1.82) is 0 Å². The van der Waals surface area contributed by atoms with Crippen LogP contribution in [0.1, 0.15) is 51.5 Å². The third-order valence-corrected chi connectivity index (χ3v) is 3.34. The number of phenolic OH excluding ortho intramolecular Hbond substituents is 1. The first-order valence-electron chi connectivity index (χ1n) is 7.23. The predicted molar refractivity (Wildman–Crippen MR) is 78.2 cm³/mol. The quantitative estimate of drug-likeness (QED) is 0.755. The minimum Gasteiger partial charge on any atom is -0.508 e. The number of benzene rings is 1. The second-order valence-electron chi connectivity index (χ2n) is 4.98. The average Bonchev–Trinajstić information content (AvgIpc) is 2.42. The molecule has 0 heterocycles. The molecule has 0 radical (unpaired) electrons. The molecular formula is C16H25NO2. The summed E-state index contributed by atoms with van der Waals surface area (Å²) >= 11 is 0. The van der Waals surface area contributed by atoms with Crippen molar-refractivity contribution in [2.45, 2.75) is 58.4 Å². The highest BCUT2D eigenvalue weighted by Crippen LogP contribution is 2.11. The zero-order valence-electron chi connectivity index (χ0n) is 12.0. The van der Waals surface area contributed by atoms with Crippen LogP contribution in [0.5, 0.6) is 5.75 Å². The van der Waals surface area contributed by atoms with E-state index in [1.54, 1.807) is 12.1 Å². The highest BCUT2D eigenvalue weighted by atomic mass is 16.3. The van der Waals surface area contributed by atoms with Gasteiger partial charge in [-0.3, -0.25) is 4.79 Å². The Kier molecular flexibility index (Phi) is 7.01. The Balaban J connectivity index is 2.32. The van der Waals surface area contributed by atoms with Crippen molar-refractivity contribution >= 4 is 5.91 Å². The molecule has 0 bridgehead atoms. The first kappa shape index (κ1) is 15.5. The van der Waals surface area contributed by atoms with Crippen LogP contribution >= 0.6 is 0 Å². The van der Waals surface area contributed by atoms with E-state index in [2.05, 4.69) is 19.2 Å². The molecule has 106 valence electrons. The molecule has 3 nitrogen and oxygen atoms in total. The van der Waals surface area contributed by atoms with Crippen molar-refractivity contribution in [1.82, 2.24) is 5.32 Å². The van der Waals surface area contributed by atoms with Gasteiger partial charge in [0.25, 0.3) is 0 Å². The van der Waals surface area contributed by atoms with Gasteiger partial charge in [0.05, 0.1) is 0 Å². The van der Waals surface area contributed by atoms with Crippen LogP contribution in [0.25, 0.3) is 0 Å². The number of rotatable bonds is 8. The number of aromatic hydroxyl groups is 1. The summed E-state index contributed by atoms with van der Waals surface area (Å²) in [6, 6.07) is 7.34. The lowest BCUT2D eigenvalue weighted by Crippen LogP contribution is -2.34. The fraction of sp³-hybridized carbons (Fsp3) is 0.562. The smallest absolute Gasteiger partial charge is 0.220 e. The van der Waals surface area contributed by atoms with Gasteiger partial charge >= 0.3 is 0 Å². The van der Waals surface area contributed by atoms with Crippen LogP contribution in [-0.2, 0) is 11.2 Å². The molecule has 0 spiro atoms. The molecule has 0 saturated carbocycles. The van der Waals surface area contributed by atoms with E-state index in [0.717, 1.165) is 31.2 Å². The minimum absolute atomic E-state index is 0.121. The molecule has 1 rings (SSSR count). The summed E-state index contributed by atoms with van der Waals surface area (Å²) < 4.78 is 0. The number of carbonyl (C=O) groups is 1. The molecule has 1 aromatic carbocycles. The standard InChI is InChI=1S/C16H25NO2/c1-3-5-6-14(4-2)17-16(19)12-9-13-7-10-15(18)11-8-13/h7-8,10-11,14,18H,3-6,9,12H2,1-2H3,(H,17,19)/t14-/m1/s1. The monoisotopic (exact) mass is 263 g/mol. The maximum Gasteiger partial charge on any atom is 0.220 e. The Hall–Kier alpha value is -1.51. The van der Waals surface area contributed by atoms with Gasteiger partial charge < -0.3 is 10.4 Å². The van der Waals surface area contributed by atoms with Crippen molar-refractivity contribution in [3.8, 4) is 5.75 Å². The van der Waals surface area contributed by atoms with Crippen molar-refractivity contribution in [3.63, 3.8) is 0 Å². The van der Waals surface area contributed by atoms with Crippen LogP contribution in [0.15, 0.2) is 24.3 Å². The third kappa shape index (κ3) is 6.27. The lowest BCUT2D eigenvalue weighted by Gasteiger charge is -2.16. The second kappa shape index (κ2) is 8.57. The highest BCUT2D eigenvalue weighted by molar-refractivity contribution is 5.76. The number of amides is 1. The van der Waals surface area contributed by atoms with Crippen molar-refractivity contribution in [3.05, 3.63) is 29.8 Å². The van der Waals surface area contributed by atoms with E-state index in [-0.39, 0.29) is 11.7 Å². The SMILES string of the molecule is CCCC[C@@H](CC)NC(=O)CCc1ccc(O)cc1. The molecule has 0 fully saturated rings. The maximum absolute atomic E-state index is 11.9.